The van der Waals surface area contributed by atoms with Gasteiger partial charge in [0.15, 0.2) is 0 Å². The largest absolute Gasteiger partial charge is 0.497 e. The average molecular weight is 344 g/mol. The minimum Gasteiger partial charge on any atom is -0.497 e. The first-order valence-electron chi connectivity index (χ1n) is 8.10. The zero-order valence-electron chi connectivity index (χ0n) is 14.0. The predicted molar refractivity (Wildman–Crippen MR) is 88.9 cm³/mol. The van der Waals surface area contributed by atoms with Crippen LogP contribution in [0.25, 0.3) is 0 Å². The van der Waals surface area contributed by atoms with Crippen LogP contribution in [0.2, 0.25) is 0 Å². The number of benzene rings is 1. The number of nitrogens with zero attached hydrogens (tertiary/aromatic N) is 5. The lowest BCUT2D eigenvalue weighted by Gasteiger charge is -2.18. The lowest BCUT2D eigenvalue weighted by molar-refractivity contribution is -0.121. The molecule has 0 saturated carbocycles. The quantitative estimate of drug-likeness (QED) is 0.779. The molecule has 1 saturated heterocycles. The fourth-order valence-electron chi connectivity index (χ4n) is 2.82. The number of hydrogen-bond acceptors (Lipinski definition) is 6. The normalized spacial score (nSPS) is 16.9. The van der Waals surface area contributed by atoms with Gasteiger partial charge in [0.25, 0.3) is 0 Å². The van der Waals surface area contributed by atoms with Crippen molar-refractivity contribution in [3.8, 4) is 5.75 Å². The highest BCUT2D eigenvalue weighted by molar-refractivity contribution is 5.97. The van der Waals surface area contributed by atoms with Crippen molar-refractivity contribution in [3.05, 3.63) is 30.6 Å². The molecule has 2 heterocycles. The van der Waals surface area contributed by atoms with Gasteiger partial charge in [-0.2, -0.15) is 0 Å². The van der Waals surface area contributed by atoms with Crippen molar-refractivity contribution in [2.24, 2.45) is 0 Å². The number of hydrogen-bond donors (Lipinski definition) is 1. The number of tetrazole rings is 1. The second kappa shape index (κ2) is 7.73. The second-order valence-electron chi connectivity index (χ2n) is 5.85. The Kier molecular flexibility index (Phi) is 5.22. The monoisotopic (exact) mass is 344 g/mol. The van der Waals surface area contributed by atoms with Gasteiger partial charge in [0.05, 0.1) is 13.2 Å². The van der Waals surface area contributed by atoms with Crippen LogP contribution in [0.15, 0.2) is 30.6 Å². The second-order valence-corrected chi connectivity index (χ2v) is 5.85. The molecule has 9 nitrogen and oxygen atoms in total. The van der Waals surface area contributed by atoms with Gasteiger partial charge in [-0.15, -0.1) is 5.10 Å². The third kappa shape index (κ3) is 4.31. The third-order valence-electron chi connectivity index (χ3n) is 4.04. The molecule has 25 heavy (non-hydrogen) atoms. The molecule has 1 N–H and O–H groups in total. The van der Waals surface area contributed by atoms with Crippen LogP contribution in [0, 0.1) is 0 Å². The van der Waals surface area contributed by atoms with E-state index in [0.29, 0.717) is 38.1 Å². The van der Waals surface area contributed by atoms with Crippen molar-refractivity contribution in [2.45, 2.75) is 31.8 Å². The Hall–Kier alpha value is -2.97. The Morgan fingerprint density at radius 3 is 3.08 bits per heavy atom. The van der Waals surface area contributed by atoms with Crippen molar-refractivity contribution < 1.29 is 14.3 Å². The number of methoxy groups -OCH3 is 1. The number of aryl methyl sites for hydroxylation is 1. The van der Waals surface area contributed by atoms with Gasteiger partial charge in [0, 0.05) is 37.7 Å². The number of ether oxygens (including phenoxy) is 1. The summed E-state index contributed by atoms with van der Waals surface area (Å²) in [5.74, 6) is 0.617. The summed E-state index contributed by atoms with van der Waals surface area (Å²) in [6.45, 7) is 1.05. The van der Waals surface area contributed by atoms with E-state index in [1.807, 2.05) is 24.3 Å². The number of rotatable bonds is 7. The Morgan fingerprint density at radius 2 is 2.32 bits per heavy atom. The molecular weight excluding hydrogens is 324 g/mol. The van der Waals surface area contributed by atoms with Crippen LogP contribution in [0.4, 0.5) is 5.69 Å². The summed E-state index contributed by atoms with van der Waals surface area (Å²) in [6, 6.07) is 7.16. The van der Waals surface area contributed by atoms with Crippen molar-refractivity contribution >= 4 is 17.5 Å². The van der Waals surface area contributed by atoms with Crippen molar-refractivity contribution in [2.75, 3.05) is 18.6 Å². The van der Waals surface area contributed by atoms with E-state index in [2.05, 4.69) is 20.8 Å². The molecule has 2 aromatic rings. The van der Waals surface area contributed by atoms with Gasteiger partial charge in [0.1, 0.15) is 12.1 Å². The standard InChI is InChI=1S/C16H20N6O3/c1-25-14-5-2-4-13(9-14)22-10-12(8-16(22)24)18-15(23)6-3-7-21-11-17-19-20-21/h2,4-5,9,11-12H,3,6-8,10H2,1H3,(H,18,23)/t12-/m1/s1. The number of anilines is 1. The number of amides is 2. The summed E-state index contributed by atoms with van der Waals surface area (Å²) in [5.41, 5.74) is 0.778. The lowest BCUT2D eigenvalue weighted by Crippen LogP contribution is -2.37. The van der Waals surface area contributed by atoms with E-state index in [4.69, 9.17) is 4.74 Å². The molecule has 1 atom stereocenters. The summed E-state index contributed by atoms with van der Waals surface area (Å²) >= 11 is 0. The summed E-state index contributed by atoms with van der Waals surface area (Å²) in [6.07, 6.45) is 2.82. The Bertz CT molecular complexity index is 733. The van der Waals surface area contributed by atoms with Gasteiger partial charge in [-0.3, -0.25) is 9.59 Å². The molecule has 1 aliphatic rings. The Morgan fingerprint density at radius 1 is 1.44 bits per heavy atom. The minimum atomic E-state index is -0.181. The number of aromatic nitrogens is 4. The molecule has 2 amide bonds. The highest BCUT2D eigenvalue weighted by Crippen LogP contribution is 2.25. The van der Waals surface area contributed by atoms with Crippen LogP contribution in [-0.2, 0) is 16.1 Å². The maximum atomic E-state index is 12.2. The van der Waals surface area contributed by atoms with E-state index in [9.17, 15) is 9.59 Å². The Labute approximate surface area is 144 Å². The molecule has 1 aromatic heterocycles. The van der Waals surface area contributed by atoms with E-state index >= 15 is 0 Å². The maximum absolute atomic E-state index is 12.2. The minimum absolute atomic E-state index is 0.00718. The molecule has 1 aliphatic heterocycles. The Balaban J connectivity index is 1.49. The van der Waals surface area contributed by atoms with Gasteiger partial charge < -0.3 is 15.0 Å². The van der Waals surface area contributed by atoms with Crippen molar-refractivity contribution in [1.82, 2.24) is 25.5 Å². The molecule has 3 rings (SSSR count). The summed E-state index contributed by atoms with van der Waals surface area (Å²) < 4.78 is 6.77. The molecule has 132 valence electrons. The zero-order valence-corrected chi connectivity index (χ0v) is 14.0. The molecule has 0 unspecified atom stereocenters. The number of nitrogens with one attached hydrogen (secondary N) is 1. The first-order chi connectivity index (χ1) is 12.2. The summed E-state index contributed by atoms with van der Waals surface area (Å²) in [5, 5.41) is 13.8. The van der Waals surface area contributed by atoms with E-state index in [1.54, 1.807) is 16.7 Å². The van der Waals surface area contributed by atoms with E-state index in [0.717, 1.165) is 5.69 Å². The predicted octanol–water partition coefficient (Wildman–Crippen LogP) is 0.384. The van der Waals surface area contributed by atoms with Gasteiger partial charge in [0.2, 0.25) is 11.8 Å². The van der Waals surface area contributed by atoms with Crippen LogP contribution in [0.5, 0.6) is 5.75 Å². The van der Waals surface area contributed by atoms with Gasteiger partial charge in [-0.1, -0.05) is 6.07 Å². The lowest BCUT2D eigenvalue weighted by atomic mass is 10.2. The van der Waals surface area contributed by atoms with E-state index < -0.39 is 0 Å². The molecule has 0 aliphatic carbocycles. The highest BCUT2D eigenvalue weighted by atomic mass is 16.5. The first-order valence-corrected chi connectivity index (χ1v) is 8.10. The SMILES string of the molecule is COc1cccc(N2C[C@H](NC(=O)CCCn3cnnn3)CC2=O)c1. The van der Waals surface area contributed by atoms with Gasteiger partial charge in [-0.05, 0) is 29.0 Å². The van der Waals surface area contributed by atoms with Crippen LogP contribution < -0.4 is 15.0 Å². The third-order valence-corrected chi connectivity index (χ3v) is 4.04. The van der Waals surface area contributed by atoms with Crippen molar-refractivity contribution in [3.63, 3.8) is 0 Å². The zero-order chi connectivity index (χ0) is 17.6. The molecule has 0 spiro atoms. The highest BCUT2D eigenvalue weighted by Gasteiger charge is 2.31. The number of carbonyl (C=O) groups excluding carboxylic acids is 2. The first kappa shape index (κ1) is 16.9. The van der Waals surface area contributed by atoms with Crippen LogP contribution in [0.3, 0.4) is 0 Å². The number of carbonyl (C=O) groups is 2. The summed E-state index contributed by atoms with van der Waals surface area (Å²) in [4.78, 5) is 26.0. The summed E-state index contributed by atoms with van der Waals surface area (Å²) in [7, 11) is 1.59. The molecule has 1 aromatic carbocycles. The van der Waals surface area contributed by atoms with Crippen LogP contribution >= 0.6 is 0 Å². The van der Waals surface area contributed by atoms with E-state index in [1.165, 1.54) is 6.33 Å². The molecule has 1 fully saturated rings. The van der Waals surface area contributed by atoms with Crippen molar-refractivity contribution in [1.29, 1.82) is 0 Å². The molecule has 0 bridgehead atoms. The van der Waals surface area contributed by atoms with Crippen LogP contribution in [0.1, 0.15) is 19.3 Å². The smallest absolute Gasteiger partial charge is 0.229 e. The fraction of sp³-hybridized carbons (Fsp3) is 0.438. The average Bonchev–Trinajstić information content (AvgIpc) is 3.24. The van der Waals surface area contributed by atoms with Gasteiger partial charge in [-0.25, -0.2) is 4.68 Å². The maximum Gasteiger partial charge on any atom is 0.229 e. The van der Waals surface area contributed by atoms with Gasteiger partial charge >= 0.3 is 0 Å². The topological polar surface area (TPSA) is 102 Å². The fourth-order valence-corrected chi connectivity index (χ4v) is 2.82. The van der Waals surface area contributed by atoms with E-state index in [-0.39, 0.29) is 17.9 Å². The van der Waals surface area contributed by atoms with Crippen LogP contribution in [-0.4, -0.2) is 51.7 Å². The molecular formula is C16H20N6O3. The molecule has 0 radical (unpaired) electrons. The molecule has 9 heteroatoms.